The van der Waals surface area contributed by atoms with E-state index in [1.54, 1.807) is 11.3 Å². The van der Waals surface area contributed by atoms with Gasteiger partial charge in [0.05, 0.1) is 5.69 Å². The molecule has 1 aliphatic rings. The van der Waals surface area contributed by atoms with E-state index < -0.39 is 0 Å². The van der Waals surface area contributed by atoms with Gasteiger partial charge in [0.2, 0.25) is 0 Å². The van der Waals surface area contributed by atoms with Gasteiger partial charge in [0.1, 0.15) is 0 Å². The summed E-state index contributed by atoms with van der Waals surface area (Å²) in [6.07, 6.45) is 5.27. The fourth-order valence-electron chi connectivity index (χ4n) is 2.91. The Labute approximate surface area is 118 Å². The van der Waals surface area contributed by atoms with Crippen LogP contribution in [-0.4, -0.2) is 4.98 Å². The summed E-state index contributed by atoms with van der Waals surface area (Å²) in [6.45, 7) is 4.30. The number of rotatable bonds is 2. The zero-order valence-corrected chi connectivity index (χ0v) is 12.4. The highest BCUT2D eigenvalue weighted by atomic mass is 32.1. The largest absolute Gasteiger partial charge is 0.375 e. The SMILES string of the molecule is Cc1ccc(-c2nc(N)sc2C2CCCC2)cc1C. The molecule has 1 aromatic heterocycles. The van der Waals surface area contributed by atoms with Gasteiger partial charge in [0.15, 0.2) is 5.13 Å². The van der Waals surface area contributed by atoms with Crippen LogP contribution >= 0.6 is 11.3 Å². The number of aryl methyl sites for hydroxylation is 2. The van der Waals surface area contributed by atoms with Crippen molar-refractivity contribution >= 4 is 16.5 Å². The summed E-state index contributed by atoms with van der Waals surface area (Å²) < 4.78 is 0. The second-order valence-corrected chi connectivity index (χ2v) is 6.61. The summed E-state index contributed by atoms with van der Waals surface area (Å²) in [5.41, 5.74) is 11.0. The molecule has 1 saturated carbocycles. The Bertz CT molecular complexity index is 595. The summed E-state index contributed by atoms with van der Waals surface area (Å²) >= 11 is 1.68. The van der Waals surface area contributed by atoms with E-state index in [2.05, 4.69) is 37.0 Å². The second kappa shape index (κ2) is 4.97. The van der Waals surface area contributed by atoms with Crippen molar-refractivity contribution in [2.24, 2.45) is 0 Å². The van der Waals surface area contributed by atoms with Crippen LogP contribution in [0.4, 0.5) is 5.13 Å². The van der Waals surface area contributed by atoms with E-state index >= 15 is 0 Å². The third-order valence-electron chi connectivity index (χ3n) is 4.18. The van der Waals surface area contributed by atoms with Gasteiger partial charge >= 0.3 is 0 Å². The minimum atomic E-state index is 0.673. The van der Waals surface area contributed by atoms with Crippen molar-refractivity contribution in [1.82, 2.24) is 4.98 Å². The predicted molar refractivity (Wildman–Crippen MR) is 82.6 cm³/mol. The molecule has 2 N–H and O–H groups in total. The van der Waals surface area contributed by atoms with E-state index in [1.165, 1.54) is 47.3 Å². The zero-order valence-electron chi connectivity index (χ0n) is 11.6. The molecule has 0 spiro atoms. The fourth-order valence-corrected chi connectivity index (χ4v) is 3.93. The lowest BCUT2D eigenvalue weighted by atomic mass is 9.99. The standard InChI is InChI=1S/C16H20N2S/c1-10-7-8-13(9-11(10)2)14-15(19-16(17)18-14)12-5-3-4-6-12/h7-9,12H,3-6H2,1-2H3,(H2,17,18). The van der Waals surface area contributed by atoms with Crippen molar-refractivity contribution in [2.45, 2.75) is 45.4 Å². The third kappa shape index (κ3) is 2.39. The molecule has 1 aliphatic carbocycles. The van der Waals surface area contributed by atoms with Crippen LogP contribution < -0.4 is 5.73 Å². The molecule has 100 valence electrons. The average molecular weight is 272 g/mol. The number of benzene rings is 1. The Balaban J connectivity index is 2.05. The lowest BCUT2D eigenvalue weighted by Crippen LogP contribution is -1.93. The van der Waals surface area contributed by atoms with Crippen LogP contribution in [0.3, 0.4) is 0 Å². The van der Waals surface area contributed by atoms with Gasteiger partial charge in [0.25, 0.3) is 0 Å². The molecule has 2 nitrogen and oxygen atoms in total. The normalized spacial score (nSPS) is 16.1. The van der Waals surface area contributed by atoms with Crippen LogP contribution in [0.25, 0.3) is 11.3 Å². The first-order chi connectivity index (χ1) is 9.15. The molecule has 1 aromatic carbocycles. The molecule has 19 heavy (non-hydrogen) atoms. The Morgan fingerprint density at radius 2 is 1.89 bits per heavy atom. The van der Waals surface area contributed by atoms with Crippen molar-refractivity contribution in [3.8, 4) is 11.3 Å². The molecule has 3 heteroatoms. The summed E-state index contributed by atoms with van der Waals surface area (Å²) in [5.74, 6) is 0.673. The molecular formula is C16H20N2S. The van der Waals surface area contributed by atoms with Gasteiger partial charge in [-0.05, 0) is 49.8 Å². The van der Waals surface area contributed by atoms with Crippen molar-refractivity contribution in [3.63, 3.8) is 0 Å². The maximum absolute atomic E-state index is 5.96. The second-order valence-electron chi connectivity index (χ2n) is 5.55. The van der Waals surface area contributed by atoms with Gasteiger partial charge in [0, 0.05) is 10.4 Å². The van der Waals surface area contributed by atoms with Crippen LogP contribution in [0.2, 0.25) is 0 Å². The molecule has 0 saturated heterocycles. The van der Waals surface area contributed by atoms with Crippen molar-refractivity contribution in [3.05, 3.63) is 34.2 Å². The van der Waals surface area contributed by atoms with E-state index in [0.717, 1.165) is 5.69 Å². The smallest absolute Gasteiger partial charge is 0.180 e. The number of nitrogens with zero attached hydrogens (tertiary/aromatic N) is 1. The topological polar surface area (TPSA) is 38.9 Å². The van der Waals surface area contributed by atoms with Crippen molar-refractivity contribution in [2.75, 3.05) is 5.73 Å². The summed E-state index contributed by atoms with van der Waals surface area (Å²) in [5, 5.41) is 0.704. The number of nitrogen functional groups attached to an aromatic ring is 1. The number of thiazole rings is 1. The molecule has 0 bridgehead atoms. The van der Waals surface area contributed by atoms with Crippen molar-refractivity contribution in [1.29, 1.82) is 0 Å². The molecule has 1 fully saturated rings. The van der Waals surface area contributed by atoms with E-state index in [9.17, 15) is 0 Å². The van der Waals surface area contributed by atoms with Crippen LogP contribution in [0.5, 0.6) is 0 Å². The van der Waals surface area contributed by atoms with Crippen LogP contribution in [0.15, 0.2) is 18.2 Å². The molecule has 2 aromatic rings. The Hall–Kier alpha value is -1.35. The van der Waals surface area contributed by atoms with Gasteiger partial charge in [-0.3, -0.25) is 0 Å². The third-order valence-corrected chi connectivity index (χ3v) is 5.22. The molecule has 1 heterocycles. The number of aromatic nitrogens is 1. The minimum absolute atomic E-state index is 0.673. The van der Waals surface area contributed by atoms with Crippen LogP contribution in [0, 0.1) is 13.8 Å². The number of nitrogens with two attached hydrogens (primary N) is 1. The molecule has 3 rings (SSSR count). The summed E-state index contributed by atoms with van der Waals surface area (Å²) in [7, 11) is 0. The Kier molecular flexibility index (Phi) is 3.31. The maximum Gasteiger partial charge on any atom is 0.180 e. The lowest BCUT2D eigenvalue weighted by Gasteiger charge is -2.10. The van der Waals surface area contributed by atoms with E-state index in [1.807, 2.05) is 0 Å². The molecular weight excluding hydrogens is 252 g/mol. The highest BCUT2D eigenvalue weighted by Crippen LogP contribution is 2.43. The minimum Gasteiger partial charge on any atom is -0.375 e. The van der Waals surface area contributed by atoms with Gasteiger partial charge in [-0.2, -0.15) is 0 Å². The molecule has 0 aliphatic heterocycles. The van der Waals surface area contributed by atoms with Gasteiger partial charge in [-0.15, -0.1) is 11.3 Å². The van der Waals surface area contributed by atoms with E-state index in [0.29, 0.717) is 11.0 Å². The highest BCUT2D eigenvalue weighted by Gasteiger charge is 2.24. The van der Waals surface area contributed by atoms with Gasteiger partial charge in [-0.1, -0.05) is 25.0 Å². The predicted octanol–water partition coefficient (Wildman–Crippen LogP) is 4.67. The first-order valence-electron chi connectivity index (χ1n) is 6.99. The number of anilines is 1. The number of hydrogen-bond acceptors (Lipinski definition) is 3. The number of hydrogen-bond donors (Lipinski definition) is 1. The van der Waals surface area contributed by atoms with Crippen LogP contribution in [-0.2, 0) is 0 Å². The Morgan fingerprint density at radius 3 is 2.58 bits per heavy atom. The van der Waals surface area contributed by atoms with Gasteiger partial charge < -0.3 is 5.73 Å². The van der Waals surface area contributed by atoms with Gasteiger partial charge in [-0.25, -0.2) is 4.98 Å². The molecule has 0 amide bonds. The average Bonchev–Trinajstić information content (AvgIpc) is 3.01. The first-order valence-corrected chi connectivity index (χ1v) is 7.80. The van der Waals surface area contributed by atoms with E-state index in [-0.39, 0.29) is 0 Å². The quantitative estimate of drug-likeness (QED) is 0.863. The monoisotopic (exact) mass is 272 g/mol. The summed E-state index contributed by atoms with van der Waals surface area (Å²) in [4.78, 5) is 5.99. The lowest BCUT2D eigenvalue weighted by molar-refractivity contribution is 0.738. The first kappa shape index (κ1) is 12.7. The highest BCUT2D eigenvalue weighted by molar-refractivity contribution is 7.15. The maximum atomic E-state index is 5.96. The fraction of sp³-hybridized carbons (Fsp3) is 0.438. The molecule has 0 unspecified atom stereocenters. The summed E-state index contributed by atoms with van der Waals surface area (Å²) in [6, 6.07) is 6.59. The van der Waals surface area contributed by atoms with Crippen molar-refractivity contribution < 1.29 is 0 Å². The molecule has 0 atom stereocenters. The van der Waals surface area contributed by atoms with Crippen LogP contribution in [0.1, 0.15) is 47.6 Å². The van der Waals surface area contributed by atoms with E-state index in [4.69, 9.17) is 5.73 Å². The zero-order chi connectivity index (χ0) is 13.4. The molecule has 0 radical (unpaired) electrons. The Morgan fingerprint density at radius 1 is 1.16 bits per heavy atom.